The first-order chi connectivity index (χ1) is 13.7. The van der Waals surface area contributed by atoms with E-state index in [1.54, 1.807) is 23.2 Å². The van der Waals surface area contributed by atoms with Gasteiger partial charge in [0.05, 0.1) is 19.0 Å². The Hall–Kier alpha value is -3.35. The van der Waals surface area contributed by atoms with Gasteiger partial charge in [0.2, 0.25) is 0 Å². The molecule has 0 N–H and O–H groups in total. The number of halogens is 1. The number of aromatic nitrogens is 2. The number of nitrogens with zero attached hydrogens (tertiary/aromatic N) is 4. The number of methoxy groups -OCH3 is 1. The molecule has 0 atom stereocenters. The fraction of sp³-hybridized carbons (Fsp3) is 0.238. The van der Waals surface area contributed by atoms with E-state index in [-0.39, 0.29) is 17.4 Å². The lowest BCUT2D eigenvalue weighted by Crippen LogP contribution is -2.49. The monoisotopic (exact) mass is 380 g/mol. The maximum Gasteiger partial charge on any atom is 0.278 e. The lowest BCUT2D eigenvalue weighted by molar-refractivity contribution is 0.0737. The molecule has 3 aromatic rings. The Morgan fingerprint density at radius 1 is 0.964 bits per heavy atom. The van der Waals surface area contributed by atoms with Crippen molar-refractivity contribution in [3.8, 4) is 11.4 Å². The lowest BCUT2D eigenvalue weighted by atomic mass is 10.2. The van der Waals surface area contributed by atoms with Crippen LogP contribution in [0.15, 0.2) is 60.8 Å². The summed E-state index contributed by atoms with van der Waals surface area (Å²) in [5.41, 5.74) is 2.08. The number of anilines is 1. The Bertz CT molecular complexity index is 948. The Morgan fingerprint density at radius 2 is 1.64 bits per heavy atom. The minimum atomic E-state index is -0.324. The van der Waals surface area contributed by atoms with E-state index < -0.39 is 0 Å². The molecule has 0 saturated carbocycles. The molecule has 0 bridgehead atoms. The topological polar surface area (TPSA) is 50.6 Å². The van der Waals surface area contributed by atoms with Crippen LogP contribution in [0.2, 0.25) is 0 Å². The second-order valence-corrected chi connectivity index (χ2v) is 6.58. The predicted molar refractivity (Wildman–Crippen MR) is 105 cm³/mol. The van der Waals surface area contributed by atoms with Crippen molar-refractivity contribution in [1.29, 1.82) is 0 Å². The van der Waals surface area contributed by atoms with Gasteiger partial charge in [-0.3, -0.25) is 4.79 Å². The van der Waals surface area contributed by atoms with E-state index in [4.69, 9.17) is 4.74 Å². The van der Waals surface area contributed by atoms with E-state index in [0.29, 0.717) is 24.5 Å². The van der Waals surface area contributed by atoms with Crippen LogP contribution in [-0.4, -0.2) is 53.9 Å². The molecule has 0 spiro atoms. The molecule has 0 radical (unpaired) electrons. The summed E-state index contributed by atoms with van der Waals surface area (Å²) in [6.07, 6.45) is 1.64. The van der Waals surface area contributed by atoms with Crippen molar-refractivity contribution >= 4 is 11.6 Å². The number of ether oxygens (including phenoxy) is 1. The SMILES string of the molecule is COc1cn(-c2ccc(F)cc2)nc1C(=O)N1CCN(c2ccccc2)CC1. The van der Waals surface area contributed by atoms with Crippen molar-refractivity contribution in [2.45, 2.75) is 0 Å². The van der Waals surface area contributed by atoms with Gasteiger partial charge in [0, 0.05) is 31.9 Å². The molecule has 2 aromatic carbocycles. The van der Waals surface area contributed by atoms with Crippen molar-refractivity contribution in [3.63, 3.8) is 0 Å². The average Bonchev–Trinajstić information content (AvgIpc) is 3.19. The first-order valence-electron chi connectivity index (χ1n) is 9.14. The number of carbonyl (C=O) groups excluding carboxylic acids is 1. The molecule has 7 heteroatoms. The summed E-state index contributed by atoms with van der Waals surface area (Å²) in [7, 11) is 1.51. The summed E-state index contributed by atoms with van der Waals surface area (Å²) in [5.74, 6) is -0.0827. The number of piperazine rings is 1. The molecule has 1 amide bonds. The second kappa shape index (κ2) is 7.72. The average molecular weight is 380 g/mol. The zero-order chi connectivity index (χ0) is 19.5. The highest BCUT2D eigenvalue weighted by atomic mass is 19.1. The first kappa shape index (κ1) is 18.0. The van der Waals surface area contributed by atoms with E-state index in [9.17, 15) is 9.18 Å². The number of para-hydroxylation sites is 1. The molecule has 28 heavy (non-hydrogen) atoms. The second-order valence-electron chi connectivity index (χ2n) is 6.58. The first-order valence-corrected chi connectivity index (χ1v) is 9.14. The van der Waals surface area contributed by atoms with Crippen LogP contribution in [0.3, 0.4) is 0 Å². The number of hydrogen-bond donors (Lipinski definition) is 0. The third-order valence-electron chi connectivity index (χ3n) is 4.88. The van der Waals surface area contributed by atoms with Crippen LogP contribution >= 0.6 is 0 Å². The van der Waals surface area contributed by atoms with Gasteiger partial charge in [-0.2, -0.15) is 5.10 Å². The molecule has 0 aliphatic carbocycles. The Kier molecular flexibility index (Phi) is 4.97. The van der Waals surface area contributed by atoms with Gasteiger partial charge in [0.1, 0.15) is 5.82 Å². The summed E-state index contributed by atoms with van der Waals surface area (Å²) in [6.45, 7) is 2.74. The van der Waals surface area contributed by atoms with Crippen molar-refractivity contribution in [2.75, 3.05) is 38.2 Å². The van der Waals surface area contributed by atoms with Crippen molar-refractivity contribution in [1.82, 2.24) is 14.7 Å². The smallest absolute Gasteiger partial charge is 0.278 e. The summed E-state index contributed by atoms with van der Waals surface area (Å²) >= 11 is 0. The molecule has 6 nitrogen and oxygen atoms in total. The quantitative estimate of drug-likeness (QED) is 0.698. The molecule has 144 valence electrons. The Morgan fingerprint density at radius 3 is 2.29 bits per heavy atom. The fourth-order valence-corrected chi connectivity index (χ4v) is 3.34. The van der Waals surface area contributed by atoms with Gasteiger partial charge in [0.25, 0.3) is 5.91 Å². The molecule has 1 aliphatic rings. The molecule has 1 aliphatic heterocycles. The normalized spacial score (nSPS) is 14.2. The molecular weight excluding hydrogens is 359 g/mol. The van der Waals surface area contributed by atoms with Crippen molar-refractivity contribution in [2.24, 2.45) is 0 Å². The van der Waals surface area contributed by atoms with E-state index in [1.165, 1.54) is 23.9 Å². The zero-order valence-corrected chi connectivity index (χ0v) is 15.6. The van der Waals surface area contributed by atoms with Crippen LogP contribution in [0.25, 0.3) is 5.69 Å². The zero-order valence-electron chi connectivity index (χ0n) is 15.6. The van der Waals surface area contributed by atoms with Gasteiger partial charge >= 0.3 is 0 Å². The maximum absolute atomic E-state index is 13.2. The molecule has 2 heterocycles. The lowest BCUT2D eigenvalue weighted by Gasteiger charge is -2.35. The number of amides is 1. The highest BCUT2D eigenvalue weighted by Gasteiger charge is 2.27. The summed E-state index contributed by atoms with van der Waals surface area (Å²) in [4.78, 5) is 17.1. The van der Waals surface area contributed by atoms with E-state index >= 15 is 0 Å². The van der Waals surface area contributed by atoms with Gasteiger partial charge in [-0.1, -0.05) is 18.2 Å². The van der Waals surface area contributed by atoms with Crippen LogP contribution in [0, 0.1) is 5.82 Å². The summed E-state index contributed by atoms with van der Waals surface area (Å²) in [5, 5.41) is 4.40. The number of hydrogen-bond acceptors (Lipinski definition) is 4. The van der Waals surface area contributed by atoms with Crippen molar-refractivity contribution < 1.29 is 13.9 Å². The van der Waals surface area contributed by atoms with E-state index in [2.05, 4.69) is 22.1 Å². The molecule has 1 aromatic heterocycles. The molecule has 4 rings (SSSR count). The van der Waals surface area contributed by atoms with Gasteiger partial charge in [-0.25, -0.2) is 9.07 Å². The highest BCUT2D eigenvalue weighted by Crippen LogP contribution is 2.23. The van der Waals surface area contributed by atoms with Crippen LogP contribution in [0.4, 0.5) is 10.1 Å². The van der Waals surface area contributed by atoms with Crippen LogP contribution in [0.5, 0.6) is 5.75 Å². The number of rotatable bonds is 4. The standard InChI is InChI=1S/C21H21FN4O2/c1-28-19-15-26(18-9-7-16(22)8-10-18)23-20(19)21(27)25-13-11-24(12-14-25)17-5-3-2-4-6-17/h2-10,15H,11-14H2,1H3. The predicted octanol–water partition coefficient (Wildman–Crippen LogP) is 2.98. The molecular formula is C21H21FN4O2. The van der Waals surface area contributed by atoms with E-state index in [0.717, 1.165) is 18.8 Å². The molecule has 1 fully saturated rings. The fourth-order valence-electron chi connectivity index (χ4n) is 3.34. The minimum absolute atomic E-state index is 0.162. The van der Waals surface area contributed by atoms with Gasteiger partial charge in [0.15, 0.2) is 11.4 Å². The third kappa shape index (κ3) is 3.55. The number of carbonyl (C=O) groups is 1. The highest BCUT2D eigenvalue weighted by molar-refractivity contribution is 5.95. The summed E-state index contributed by atoms with van der Waals surface area (Å²) in [6, 6.07) is 16.1. The third-order valence-corrected chi connectivity index (χ3v) is 4.88. The van der Waals surface area contributed by atoms with Gasteiger partial charge in [-0.05, 0) is 36.4 Å². The maximum atomic E-state index is 13.2. The molecule has 1 saturated heterocycles. The van der Waals surface area contributed by atoms with E-state index in [1.807, 2.05) is 18.2 Å². The minimum Gasteiger partial charge on any atom is -0.493 e. The largest absolute Gasteiger partial charge is 0.493 e. The van der Waals surface area contributed by atoms with Gasteiger partial charge in [-0.15, -0.1) is 0 Å². The number of benzene rings is 2. The van der Waals surface area contributed by atoms with Crippen LogP contribution < -0.4 is 9.64 Å². The summed E-state index contributed by atoms with van der Waals surface area (Å²) < 4.78 is 20.1. The van der Waals surface area contributed by atoms with Crippen LogP contribution in [-0.2, 0) is 0 Å². The van der Waals surface area contributed by atoms with Crippen LogP contribution in [0.1, 0.15) is 10.5 Å². The Labute approximate surface area is 162 Å². The molecule has 0 unspecified atom stereocenters. The Balaban J connectivity index is 1.50. The van der Waals surface area contributed by atoms with Crippen molar-refractivity contribution in [3.05, 3.63) is 72.3 Å². The van der Waals surface area contributed by atoms with Gasteiger partial charge < -0.3 is 14.5 Å².